The summed E-state index contributed by atoms with van der Waals surface area (Å²) in [5.41, 5.74) is 2.75. The van der Waals surface area contributed by atoms with Crippen LogP contribution in [0.25, 0.3) is 16.5 Å². The van der Waals surface area contributed by atoms with Crippen LogP contribution in [0.15, 0.2) is 59.1 Å². The van der Waals surface area contributed by atoms with Gasteiger partial charge in [0.05, 0.1) is 18.3 Å². The number of aromatic nitrogens is 2. The van der Waals surface area contributed by atoms with Crippen LogP contribution in [0.2, 0.25) is 0 Å². The average molecular weight is 390 g/mol. The molecule has 1 aliphatic heterocycles. The Morgan fingerprint density at radius 1 is 1.10 bits per heavy atom. The number of ether oxygens (including phenoxy) is 1. The number of amides is 1. The lowest BCUT2D eigenvalue weighted by molar-refractivity contribution is 0.0598. The highest BCUT2D eigenvalue weighted by Crippen LogP contribution is 2.29. The minimum atomic E-state index is -0.0735. The van der Waals surface area contributed by atoms with Crippen LogP contribution in [0.5, 0.6) is 5.75 Å². The molecule has 0 N–H and O–H groups in total. The average Bonchev–Trinajstić information content (AvgIpc) is 3.37. The Balaban J connectivity index is 1.25. The van der Waals surface area contributed by atoms with Gasteiger partial charge in [0, 0.05) is 44.3 Å². The number of furan rings is 1. The molecule has 4 aromatic rings. The van der Waals surface area contributed by atoms with E-state index in [1.54, 1.807) is 13.2 Å². The van der Waals surface area contributed by atoms with E-state index >= 15 is 0 Å². The van der Waals surface area contributed by atoms with Gasteiger partial charge in [-0.3, -0.25) is 9.69 Å². The monoisotopic (exact) mass is 390 g/mol. The molecule has 0 unspecified atom stereocenters. The minimum Gasteiger partial charge on any atom is -0.493 e. The third-order valence-electron chi connectivity index (χ3n) is 5.40. The molecule has 0 bridgehead atoms. The summed E-state index contributed by atoms with van der Waals surface area (Å²) >= 11 is 0. The van der Waals surface area contributed by atoms with Gasteiger partial charge in [-0.05, 0) is 30.3 Å². The topological polar surface area (TPSA) is 63.2 Å². The van der Waals surface area contributed by atoms with Crippen LogP contribution >= 0.6 is 0 Å². The maximum Gasteiger partial charge on any atom is 0.289 e. The predicted molar refractivity (Wildman–Crippen MR) is 109 cm³/mol. The maximum absolute atomic E-state index is 12.9. The van der Waals surface area contributed by atoms with Gasteiger partial charge < -0.3 is 14.1 Å². The van der Waals surface area contributed by atoms with Crippen molar-refractivity contribution in [3.8, 4) is 5.75 Å². The Morgan fingerprint density at radius 3 is 2.76 bits per heavy atom. The number of hydrogen-bond acceptors (Lipinski definition) is 5. The van der Waals surface area contributed by atoms with Crippen LogP contribution in [0.1, 0.15) is 16.2 Å². The van der Waals surface area contributed by atoms with Crippen molar-refractivity contribution in [1.29, 1.82) is 0 Å². The molecule has 5 rings (SSSR count). The van der Waals surface area contributed by atoms with Crippen LogP contribution in [-0.4, -0.2) is 58.6 Å². The SMILES string of the molecule is COc1cccc2cc(C(=O)N3CCN(Cc4cc5ccccn5n4)CC3)oc12. The van der Waals surface area contributed by atoms with E-state index in [1.165, 1.54) is 0 Å². The lowest BCUT2D eigenvalue weighted by Crippen LogP contribution is -2.48. The first-order chi connectivity index (χ1) is 14.2. The number of piperazine rings is 1. The number of para-hydroxylation sites is 1. The van der Waals surface area contributed by atoms with Crippen molar-refractivity contribution in [3.05, 3.63) is 66.2 Å². The summed E-state index contributed by atoms with van der Waals surface area (Å²) in [6.45, 7) is 3.73. The molecule has 148 valence electrons. The van der Waals surface area contributed by atoms with Crippen molar-refractivity contribution in [2.75, 3.05) is 33.3 Å². The molecule has 0 saturated carbocycles. The fourth-order valence-electron chi connectivity index (χ4n) is 3.86. The lowest BCUT2D eigenvalue weighted by atomic mass is 10.2. The van der Waals surface area contributed by atoms with Crippen molar-refractivity contribution < 1.29 is 13.9 Å². The molecule has 4 heterocycles. The zero-order valence-corrected chi connectivity index (χ0v) is 16.2. The third kappa shape index (κ3) is 3.34. The predicted octanol–water partition coefficient (Wildman–Crippen LogP) is 3.05. The van der Waals surface area contributed by atoms with E-state index in [4.69, 9.17) is 9.15 Å². The molecule has 1 saturated heterocycles. The molecule has 1 aliphatic rings. The van der Waals surface area contributed by atoms with Crippen LogP contribution in [0, 0.1) is 0 Å². The van der Waals surface area contributed by atoms with E-state index in [-0.39, 0.29) is 5.91 Å². The molecular weight excluding hydrogens is 368 g/mol. The third-order valence-corrected chi connectivity index (χ3v) is 5.40. The smallest absolute Gasteiger partial charge is 0.289 e. The van der Waals surface area contributed by atoms with Gasteiger partial charge in [-0.25, -0.2) is 4.52 Å². The number of benzene rings is 1. The van der Waals surface area contributed by atoms with Gasteiger partial charge in [0.15, 0.2) is 17.1 Å². The molecule has 7 heteroatoms. The Morgan fingerprint density at radius 2 is 1.97 bits per heavy atom. The molecule has 1 aromatic carbocycles. The fraction of sp³-hybridized carbons (Fsp3) is 0.273. The van der Waals surface area contributed by atoms with E-state index in [1.807, 2.05) is 45.9 Å². The molecule has 1 amide bonds. The number of fused-ring (bicyclic) bond motifs is 2. The van der Waals surface area contributed by atoms with Gasteiger partial charge in [-0.1, -0.05) is 18.2 Å². The molecule has 3 aromatic heterocycles. The normalized spacial score (nSPS) is 15.3. The Bertz CT molecular complexity index is 1140. The zero-order valence-electron chi connectivity index (χ0n) is 16.2. The molecule has 0 atom stereocenters. The van der Waals surface area contributed by atoms with Crippen LogP contribution in [0.4, 0.5) is 0 Å². The van der Waals surface area contributed by atoms with Gasteiger partial charge in [0.2, 0.25) is 0 Å². The van der Waals surface area contributed by atoms with E-state index in [0.29, 0.717) is 30.2 Å². The fourth-order valence-corrected chi connectivity index (χ4v) is 3.86. The highest BCUT2D eigenvalue weighted by molar-refractivity contribution is 5.97. The highest BCUT2D eigenvalue weighted by Gasteiger charge is 2.25. The van der Waals surface area contributed by atoms with Crippen molar-refractivity contribution in [2.24, 2.45) is 0 Å². The molecule has 7 nitrogen and oxygen atoms in total. The number of carbonyl (C=O) groups is 1. The number of methoxy groups -OCH3 is 1. The van der Waals surface area contributed by atoms with Crippen LogP contribution < -0.4 is 4.74 Å². The van der Waals surface area contributed by atoms with Crippen molar-refractivity contribution >= 4 is 22.4 Å². The van der Waals surface area contributed by atoms with Crippen molar-refractivity contribution in [2.45, 2.75) is 6.54 Å². The van der Waals surface area contributed by atoms with Crippen LogP contribution in [0.3, 0.4) is 0 Å². The Kier molecular flexibility index (Phi) is 4.44. The second-order valence-electron chi connectivity index (χ2n) is 7.26. The Hall–Kier alpha value is -3.32. The van der Waals surface area contributed by atoms with Crippen molar-refractivity contribution in [1.82, 2.24) is 19.4 Å². The Labute approximate surface area is 168 Å². The first-order valence-electron chi connectivity index (χ1n) is 9.73. The van der Waals surface area contributed by atoms with Crippen LogP contribution in [-0.2, 0) is 6.54 Å². The van der Waals surface area contributed by atoms with Gasteiger partial charge in [0.25, 0.3) is 5.91 Å². The number of pyridine rings is 1. The van der Waals surface area contributed by atoms with E-state index in [0.717, 1.165) is 36.2 Å². The quantitative estimate of drug-likeness (QED) is 0.536. The molecule has 29 heavy (non-hydrogen) atoms. The summed E-state index contributed by atoms with van der Waals surface area (Å²) in [4.78, 5) is 17.1. The van der Waals surface area contributed by atoms with E-state index in [9.17, 15) is 4.79 Å². The number of carbonyl (C=O) groups excluding carboxylic acids is 1. The second kappa shape index (κ2) is 7.25. The highest BCUT2D eigenvalue weighted by atomic mass is 16.5. The van der Waals surface area contributed by atoms with E-state index in [2.05, 4.69) is 22.1 Å². The van der Waals surface area contributed by atoms with Gasteiger partial charge in [-0.15, -0.1) is 0 Å². The van der Waals surface area contributed by atoms with Crippen molar-refractivity contribution in [3.63, 3.8) is 0 Å². The first kappa shape index (κ1) is 17.8. The molecule has 0 aliphatic carbocycles. The molecule has 0 spiro atoms. The van der Waals surface area contributed by atoms with Gasteiger partial charge in [-0.2, -0.15) is 5.10 Å². The second-order valence-corrected chi connectivity index (χ2v) is 7.26. The summed E-state index contributed by atoms with van der Waals surface area (Å²) < 4.78 is 13.0. The first-order valence-corrected chi connectivity index (χ1v) is 9.73. The number of nitrogens with zero attached hydrogens (tertiary/aromatic N) is 4. The summed E-state index contributed by atoms with van der Waals surface area (Å²) in [7, 11) is 1.60. The largest absolute Gasteiger partial charge is 0.493 e. The standard InChI is InChI=1S/C22H22N4O3/c1-28-19-7-4-5-16-13-20(29-21(16)19)22(27)25-11-9-24(10-12-25)15-17-14-18-6-2-3-8-26(18)23-17/h2-8,13-14H,9-12,15H2,1H3. The lowest BCUT2D eigenvalue weighted by Gasteiger charge is -2.33. The molecular formula is C22H22N4O3. The number of hydrogen-bond donors (Lipinski definition) is 0. The van der Waals surface area contributed by atoms with E-state index < -0.39 is 0 Å². The molecule has 0 radical (unpaired) electrons. The summed E-state index contributed by atoms with van der Waals surface area (Å²) in [6, 6.07) is 15.6. The van der Waals surface area contributed by atoms with Gasteiger partial charge in [0.1, 0.15) is 0 Å². The maximum atomic E-state index is 12.9. The summed E-state index contributed by atoms with van der Waals surface area (Å²) in [5.74, 6) is 0.924. The zero-order chi connectivity index (χ0) is 19.8. The summed E-state index contributed by atoms with van der Waals surface area (Å²) in [5, 5.41) is 5.49. The van der Waals surface area contributed by atoms with Gasteiger partial charge >= 0.3 is 0 Å². The summed E-state index contributed by atoms with van der Waals surface area (Å²) in [6.07, 6.45) is 1.96. The molecule has 1 fully saturated rings. The number of rotatable bonds is 4. The minimum absolute atomic E-state index is 0.0735.